The summed E-state index contributed by atoms with van der Waals surface area (Å²) in [5, 5.41) is 16.0. The maximum Gasteiger partial charge on any atom is 0.416 e. The molecule has 1 aromatic heterocycles. The molecule has 0 amide bonds. The number of alkyl halides is 6. The van der Waals surface area contributed by atoms with Crippen LogP contribution >= 0.6 is 0 Å². The Morgan fingerprint density at radius 1 is 1.08 bits per heavy atom. The molecule has 206 valence electrons. The predicted molar refractivity (Wildman–Crippen MR) is 116 cm³/mol. The summed E-state index contributed by atoms with van der Waals surface area (Å²) < 4.78 is 105. The highest BCUT2D eigenvalue weighted by atomic mass is 19.4. The molecule has 3 aromatic rings. The van der Waals surface area contributed by atoms with Crippen LogP contribution in [-0.4, -0.2) is 51.2 Å². The number of aliphatic hydroxyl groups excluding tert-OH is 1. The van der Waals surface area contributed by atoms with Gasteiger partial charge < -0.3 is 14.6 Å². The molecule has 3 N–H and O–H groups in total. The van der Waals surface area contributed by atoms with Crippen LogP contribution in [0.1, 0.15) is 40.2 Å². The molecule has 1 saturated heterocycles. The second-order valence-electron chi connectivity index (χ2n) is 8.48. The zero-order chi connectivity index (χ0) is 27.7. The molecule has 4 rings (SSSR count). The van der Waals surface area contributed by atoms with E-state index in [4.69, 9.17) is 9.47 Å². The standard InChI is InChI=1S/C23H21F7N4O4/c24-16-3-1-12(2-4-16)19-20(37-6-5-34(19)10-18-31-21(36)33-32-18)38-17(11-35)13-7-14(22(25,26)27)9-15(8-13)23(28,29)30/h1-4,7-9,17,19-20,35H,5-6,10-11H2,(H2,31,32,33,36)/t17-,19?,20?/m0/s1. The molecule has 2 aromatic carbocycles. The van der Waals surface area contributed by atoms with Gasteiger partial charge in [-0.25, -0.2) is 14.3 Å². The van der Waals surface area contributed by atoms with Gasteiger partial charge in [-0.2, -0.15) is 31.4 Å². The molecule has 1 aliphatic rings. The third kappa shape index (κ3) is 6.40. The highest BCUT2D eigenvalue weighted by Gasteiger charge is 2.40. The van der Waals surface area contributed by atoms with Crippen molar-refractivity contribution in [1.82, 2.24) is 20.1 Å². The minimum Gasteiger partial charge on any atom is -0.393 e. The zero-order valence-corrected chi connectivity index (χ0v) is 19.3. The lowest BCUT2D eigenvalue weighted by Crippen LogP contribution is -2.46. The van der Waals surface area contributed by atoms with Crippen molar-refractivity contribution in [2.24, 2.45) is 0 Å². The first kappa shape index (κ1) is 27.8. The van der Waals surface area contributed by atoms with Crippen LogP contribution < -0.4 is 5.69 Å². The molecule has 1 aliphatic heterocycles. The Hall–Kier alpha value is -3.27. The van der Waals surface area contributed by atoms with Gasteiger partial charge in [0.05, 0.1) is 36.9 Å². The van der Waals surface area contributed by atoms with Gasteiger partial charge in [-0.1, -0.05) is 12.1 Å². The highest BCUT2D eigenvalue weighted by Crippen LogP contribution is 2.39. The van der Waals surface area contributed by atoms with Gasteiger partial charge in [0.25, 0.3) is 0 Å². The number of nitrogens with zero attached hydrogens (tertiary/aromatic N) is 2. The SMILES string of the molecule is O=c1[nH]nc(CN2CCOC(O[C@@H](CO)c3cc(C(F)(F)F)cc(C(F)(F)F)c3)C2c2ccc(F)cc2)[nH]1. The number of halogens is 7. The summed E-state index contributed by atoms with van der Waals surface area (Å²) >= 11 is 0. The molecule has 0 saturated carbocycles. The second kappa shape index (κ2) is 10.8. The van der Waals surface area contributed by atoms with Gasteiger partial charge in [-0.05, 0) is 41.5 Å². The maximum absolute atomic E-state index is 13.6. The topological polar surface area (TPSA) is 103 Å². The zero-order valence-electron chi connectivity index (χ0n) is 19.3. The molecule has 0 spiro atoms. The second-order valence-corrected chi connectivity index (χ2v) is 8.48. The number of aliphatic hydroxyl groups is 1. The van der Waals surface area contributed by atoms with Gasteiger partial charge in [0.1, 0.15) is 17.7 Å². The lowest BCUT2D eigenvalue weighted by atomic mass is 10.00. The summed E-state index contributed by atoms with van der Waals surface area (Å²) in [4.78, 5) is 15.6. The summed E-state index contributed by atoms with van der Waals surface area (Å²) in [6.07, 6.45) is -13.1. The van der Waals surface area contributed by atoms with E-state index in [2.05, 4.69) is 15.2 Å². The lowest BCUT2D eigenvalue weighted by molar-refractivity contribution is -0.238. The van der Waals surface area contributed by atoms with Crippen molar-refractivity contribution >= 4 is 0 Å². The van der Waals surface area contributed by atoms with Crippen molar-refractivity contribution in [1.29, 1.82) is 0 Å². The number of morpholine rings is 1. The maximum atomic E-state index is 13.6. The highest BCUT2D eigenvalue weighted by molar-refractivity contribution is 5.35. The van der Waals surface area contributed by atoms with Crippen LogP contribution in [-0.2, 0) is 28.4 Å². The average Bonchev–Trinajstić information content (AvgIpc) is 3.26. The summed E-state index contributed by atoms with van der Waals surface area (Å²) in [5.41, 5.74) is -3.82. The molecule has 15 heteroatoms. The summed E-state index contributed by atoms with van der Waals surface area (Å²) in [5.74, 6) is -0.322. The minimum absolute atomic E-state index is 0.0194. The van der Waals surface area contributed by atoms with E-state index >= 15 is 0 Å². The molecule has 0 radical (unpaired) electrons. The Morgan fingerprint density at radius 2 is 1.71 bits per heavy atom. The van der Waals surface area contributed by atoms with Crippen molar-refractivity contribution in [2.75, 3.05) is 19.8 Å². The predicted octanol–water partition coefficient (Wildman–Crippen LogP) is 3.92. The number of rotatable bonds is 7. The summed E-state index contributed by atoms with van der Waals surface area (Å²) in [6.45, 7) is -0.662. The fraction of sp³-hybridized carbons (Fsp3) is 0.391. The fourth-order valence-electron chi connectivity index (χ4n) is 4.13. The molecule has 2 heterocycles. The van der Waals surface area contributed by atoms with E-state index in [1.165, 1.54) is 12.1 Å². The Balaban J connectivity index is 1.70. The quantitative estimate of drug-likeness (QED) is 0.386. The van der Waals surface area contributed by atoms with E-state index in [-0.39, 0.29) is 31.6 Å². The van der Waals surface area contributed by atoms with Crippen molar-refractivity contribution in [3.05, 3.63) is 86.8 Å². The van der Waals surface area contributed by atoms with Gasteiger partial charge in [0.15, 0.2) is 6.29 Å². The van der Waals surface area contributed by atoms with E-state index in [0.717, 1.165) is 12.1 Å². The Labute approximate surface area is 210 Å². The molecule has 0 bridgehead atoms. The molecule has 3 atom stereocenters. The number of aromatic amines is 2. The molecule has 38 heavy (non-hydrogen) atoms. The number of H-pyrrole nitrogens is 2. The molecular weight excluding hydrogens is 529 g/mol. The summed E-state index contributed by atoms with van der Waals surface area (Å²) in [7, 11) is 0. The molecule has 0 aliphatic carbocycles. The van der Waals surface area contributed by atoms with Crippen molar-refractivity contribution < 1.29 is 45.3 Å². The van der Waals surface area contributed by atoms with Gasteiger partial charge in [-0.15, -0.1) is 0 Å². The molecule has 8 nitrogen and oxygen atoms in total. The van der Waals surface area contributed by atoms with E-state index < -0.39 is 65.6 Å². The first-order valence-corrected chi connectivity index (χ1v) is 11.2. The molecule has 1 fully saturated rings. The number of hydrogen-bond donors (Lipinski definition) is 3. The van der Waals surface area contributed by atoms with Crippen molar-refractivity contribution in [3.8, 4) is 0 Å². The van der Waals surface area contributed by atoms with E-state index in [1.807, 2.05) is 0 Å². The lowest BCUT2D eigenvalue weighted by Gasteiger charge is -2.41. The van der Waals surface area contributed by atoms with Gasteiger partial charge in [0.2, 0.25) is 0 Å². The number of nitrogens with one attached hydrogen (secondary N) is 2. The molecular formula is C23H21F7N4O4. The number of ether oxygens (including phenoxy) is 2. The monoisotopic (exact) mass is 550 g/mol. The third-order valence-electron chi connectivity index (χ3n) is 5.87. The van der Waals surface area contributed by atoms with Crippen molar-refractivity contribution in [2.45, 2.75) is 37.3 Å². The Morgan fingerprint density at radius 3 is 2.24 bits per heavy atom. The largest absolute Gasteiger partial charge is 0.416 e. The first-order chi connectivity index (χ1) is 17.8. The number of hydrogen-bond acceptors (Lipinski definition) is 6. The smallest absolute Gasteiger partial charge is 0.393 e. The fourth-order valence-corrected chi connectivity index (χ4v) is 4.13. The van der Waals surface area contributed by atoms with E-state index in [0.29, 0.717) is 17.7 Å². The van der Waals surface area contributed by atoms with Crippen LogP contribution in [0.2, 0.25) is 0 Å². The van der Waals surface area contributed by atoms with Gasteiger partial charge in [0, 0.05) is 6.54 Å². The first-order valence-electron chi connectivity index (χ1n) is 11.2. The number of aromatic nitrogens is 3. The normalized spacial score (nSPS) is 20.0. The van der Waals surface area contributed by atoms with Gasteiger partial charge >= 0.3 is 18.0 Å². The van der Waals surface area contributed by atoms with E-state index in [1.54, 1.807) is 4.90 Å². The van der Waals surface area contributed by atoms with Crippen LogP contribution in [0.4, 0.5) is 30.7 Å². The minimum atomic E-state index is -5.09. The Kier molecular flexibility index (Phi) is 7.92. The van der Waals surface area contributed by atoms with Crippen LogP contribution in [0.3, 0.4) is 0 Å². The van der Waals surface area contributed by atoms with Gasteiger partial charge in [-0.3, -0.25) is 9.88 Å². The summed E-state index contributed by atoms with van der Waals surface area (Å²) in [6, 6.07) is 5.17. The van der Waals surface area contributed by atoms with E-state index in [9.17, 15) is 40.6 Å². The Bertz CT molecular complexity index is 1260. The van der Waals surface area contributed by atoms with Crippen molar-refractivity contribution in [3.63, 3.8) is 0 Å². The third-order valence-corrected chi connectivity index (χ3v) is 5.87. The van der Waals surface area contributed by atoms with Crippen LogP contribution in [0.5, 0.6) is 0 Å². The van der Waals surface area contributed by atoms with Crippen LogP contribution in [0.25, 0.3) is 0 Å². The molecule has 2 unspecified atom stereocenters. The van der Waals surface area contributed by atoms with Crippen LogP contribution in [0.15, 0.2) is 47.3 Å². The number of benzene rings is 2. The average molecular weight is 550 g/mol. The van der Waals surface area contributed by atoms with Crippen LogP contribution in [0, 0.1) is 5.82 Å².